The molecular weight excluding hydrogens is 1520 g/mol. The van der Waals surface area contributed by atoms with E-state index in [1.807, 2.05) is 0 Å². The molecule has 113 heavy (non-hydrogen) atoms. The van der Waals surface area contributed by atoms with Gasteiger partial charge in [0.15, 0.2) is 12.0 Å². The summed E-state index contributed by atoms with van der Waals surface area (Å²) in [5, 5.41) is 74.6. The summed E-state index contributed by atoms with van der Waals surface area (Å²) >= 11 is 0. The minimum absolute atomic E-state index is 0.0204. The van der Waals surface area contributed by atoms with E-state index < -0.39 is 228 Å². The maximum Gasteiger partial charge on any atom is 0.328 e. The van der Waals surface area contributed by atoms with Gasteiger partial charge in [0.1, 0.15) is 66.5 Å². The molecule has 14 atom stereocenters. The molecule has 0 bridgehead atoms. The fraction of sp³-hybridized carbons (Fsp3) is 0.493. The summed E-state index contributed by atoms with van der Waals surface area (Å²) in [7, 11) is 1.59. The second kappa shape index (κ2) is 43.7. The molecule has 0 radical (unpaired) electrons. The summed E-state index contributed by atoms with van der Waals surface area (Å²) in [5.41, 5.74) is 13.3. The molecule has 1 fully saturated rings. The number of aliphatic hydroxyl groups excluding tert-OH is 1. The normalized spacial score (nSPS) is 22.7. The van der Waals surface area contributed by atoms with E-state index in [2.05, 4.69) is 94.4 Å². The second-order valence-corrected chi connectivity index (χ2v) is 30.0. The predicted molar refractivity (Wildman–Crippen MR) is 412 cm³/mol. The average molecular weight is 1610 g/mol. The molecule has 25 N–H and O–H groups in total. The number of rotatable bonds is 25. The number of aliphatic carboxylic acids is 2. The van der Waals surface area contributed by atoms with E-state index in [-0.39, 0.29) is 44.3 Å². The lowest BCUT2D eigenvalue weighted by molar-refractivity contribution is -0.145. The zero-order chi connectivity index (χ0) is 83.3. The Morgan fingerprint density at radius 2 is 1.15 bits per heavy atom. The van der Waals surface area contributed by atoms with Gasteiger partial charge in [-0.3, -0.25) is 77.3 Å². The Bertz CT molecular complexity index is 4250. The highest BCUT2D eigenvalue weighted by Gasteiger charge is 2.39. The number of fused-ring (bicyclic) bond motifs is 2. The molecule has 5 aromatic rings. The molecule has 0 unspecified atom stereocenters. The van der Waals surface area contributed by atoms with E-state index >= 15 is 14.4 Å². The van der Waals surface area contributed by atoms with E-state index in [0.29, 0.717) is 39.4 Å². The number of nitrogens with one attached hydrogen (secondary N) is 18. The number of guanidine groups is 1. The molecule has 0 spiro atoms. The maximum absolute atomic E-state index is 15.1. The van der Waals surface area contributed by atoms with Crippen molar-refractivity contribution >= 4 is 144 Å². The zero-order valence-corrected chi connectivity index (χ0v) is 64.7. The Hall–Kier alpha value is -11.8. The van der Waals surface area contributed by atoms with Gasteiger partial charge in [0, 0.05) is 91.1 Å². The highest BCUT2D eigenvalue weighted by molar-refractivity contribution is 8.76. The zero-order valence-electron chi connectivity index (χ0n) is 63.1. The van der Waals surface area contributed by atoms with Crippen LogP contribution in [0.3, 0.4) is 0 Å². The molecule has 42 heteroatoms. The average Bonchev–Trinajstić information content (AvgIpc) is 1.73. The van der Waals surface area contributed by atoms with Gasteiger partial charge in [-0.25, -0.2) is 9.78 Å². The number of nitrogens with two attached hydrogens (primary N) is 2. The third-order valence-corrected chi connectivity index (χ3v) is 20.6. The van der Waals surface area contributed by atoms with Crippen LogP contribution in [0.2, 0.25) is 0 Å². The van der Waals surface area contributed by atoms with Gasteiger partial charge < -0.3 is 116 Å². The van der Waals surface area contributed by atoms with Crippen LogP contribution in [0.15, 0.2) is 73.4 Å². The van der Waals surface area contributed by atoms with Gasteiger partial charge in [-0.1, -0.05) is 92.1 Å². The van der Waals surface area contributed by atoms with Crippen molar-refractivity contribution in [2.75, 3.05) is 24.6 Å². The number of aromatic nitrogens is 4. The largest absolute Gasteiger partial charge is 0.481 e. The van der Waals surface area contributed by atoms with Crippen LogP contribution in [-0.4, -0.2) is 239 Å². The first-order chi connectivity index (χ1) is 53.5. The number of hydrogen-bond acceptors (Lipinski definition) is 21. The number of aliphatic hydroxyl groups is 1. The Kier molecular flexibility index (Phi) is 34.8. The molecule has 0 saturated carbocycles. The van der Waals surface area contributed by atoms with Gasteiger partial charge in [0.05, 0.1) is 31.1 Å². The van der Waals surface area contributed by atoms with E-state index in [1.165, 1.54) is 46.4 Å². The van der Waals surface area contributed by atoms with Crippen LogP contribution in [0.1, 0.15) is 104 Å². The highest BCUT2D eigenvalue weighted by Crippen LogP contribution is 2.26. The number of carboxylic acid groups (broad SMARTS) is 2. The smallest absolute Gasteiger partial charge is 0.328 e. The van der Waals surface area contributed by atoms with E-state index in [0.717, 1.165) is 28.5 Å². The number of carbonyl (C=O) groups is 16. The first-order valence-corrected chi connectivity index (χ1v) is 38.7. The number of hydrogen-bond donors (Lipinski definition) is 23. The van der Waals surface area contributed by atoms with Crippen molar-refractivity contribution in [3.8, 4) is 0 Å². The number of benzene rings is 2. The molecule has 40 nitrogen and oxygen atoms in total. The Morgan fingerprint density at radius 3 is 1.70 bits per heavy atom. The molecule has 1 aliphatic heterocycles. The van der Waals surface area contributed by atoms with Gasteiger partial charge in [-0.05, 0) is 68.2 Å². The molecule has 3 aromatic heterocycles. The number of imidazole rings is 1. The quantitative estimate of drug-likeness (QED) is 0.0114. The van der Waals surface area contributed by atoms with Crippen LogP contribution in [-0.2, 0) is 96.0 Å². The number of H-pyrrole nitrogens is 3. The monoisotopic (exact) mass is 1610 g/mol. The number of amides is 14. The van der Waals surface area contributed by atoms with Crippen molar-refractivity contribution in [1.29, 1.82) is 5.41 Å². The minimum atomic E-state index is -2.06. The molecule has 614 valence electrons. The minimum Gasteiger partial charge on any atom is -0.481 e. The molecule has 1 saturated heterocycles. The summed E-state index contributed by atoms with van der Waals surface area (Å²) in [4.78, 5) is 238. The van der Waals surface area contributed by atoms with Gasteiger partial charge >= 0.3 is 11.9 Å². The van der Waals surface area contributed by atoms with Gasteiger partial charge in [-0.15, -0.1) is 0 Å². The Labute approximate surface area is 655 Å². The summed E-state index contributed by atoms with van der Waals surface area (Å²) < 4.78 is 0. The fourth-order valence-electron chi connectivity index (χ4n) is 11.8. The number of carbonyl (C=O) groups excluding carboxylic acids is 14. The van der Waals surface area contributed by atoms with Crippen LogP contribution in [0.4, 0.5) is 0 Å². The number of para-hydroxylation sites is 2. The number of primary amides is 1. The SMILES string of the molecule is CC[C@H](C)[C@@H](NC(C)=O)C(=O)N[C@H]1CSSC[C@@H](C(=O)N[C@H](C(=O)O)[C@@H](C)O)NC(=O)[C@H](CCCNC(=N)N)NC(=O)[C@H](Cc2c[nH]cn2)NC(=O)[C@H](C)NC(=O)CNC(=O)[C@H](Cc2c[nH]c3ccccc23)NC(=O)[C@H](CC(=O)O)NC(=O)[C@H](CCC(N)=O)NC(=O)[C@H](Cc2c[nH]c3ccccc23)NC(=O)[C@H](C(C)C)NC1=O. The number of carboxylic acids is 2. The summed E-state index contributed by atoms with van der Waals surface area (Å²) in [6, 6.07) is -6.66. The van der Waals surface area contributed by atoms with Crippen molar-refractivity contribution in [2.24, 2.45) is 23.3 Å². The van der Waals surface area contributed by atoms with Crippen molar-refractivity contribution in [3.63, 3.8) is 0 Å². The van der Waals surface area contributed by atoms with E-state index in [4.69, 9.17) is 16.9 Å². The van der Waals surface area contributed by atoms with Crippen LogP contribution in [0.5, 0.6) is 0 Å². The molecular formula is C71H99N21O19S2. The summed E-state index contributed by atoms with van der Waals surface area (Å²) in [5.74, 6) is -20.7. The fourth-order valence-corrected chi connectivity index (χ4v) is 14.1. The topological polar surface area (TPSA) is 638 Å². The van der Waals surface area contributed by atoms with E-state index in [1.54, 1.807) is 68.6 Å². The van der Waals surface area contributed by atoms with E-state index in [9.17, 15) is 77.6 Å². The predicted octanol–water partition coefficient (Wildman–Crippen LogP) is -4.06. The van der Waals surface area contributed by atoms with Gasteiger partial charge in [0.25, 0.3) is 0 Å². The first kappa shape index (κ1) is 90.1. The van der Waals surface area contributed by atoms with Crippen LogP contribution < -0.4 is 85.9 Å². The molecule has 2 aromatic carbocycles. The molecule has 14 amide bonds. The van der Waals surface area contributed by atoms with Crippen molar-refractivity contribution < 1.29 is 92.0 Å². The van der Waals surface area contributed by atoms with Crippen molar-refractivity contribution in [1.82, 2.24) is 94.4 Å². The van der Waals surface area contributed by atoms with Gasteiger partial charge in [-0.2, -0.15) is 0 Å². The number of aromatic amines is 3. The van der Waals surface area contributed by atoms with Crippen molar-refractivity contribution in [3.05, 3.63) is 90.3 Å². The third-order valence-electron chi connectivity index (χ3n) is 18.2. The Morgan fingerprint density at radius 1 is 0.619 bits per heavy atom. The van der Waals surface area contributed by atoms with Crippen LogP contribution in [0, 0.1) is 17.2 Å². The molecule has 4 heterocycles. The van der Waals surface area contributed by atoms with Gasteiger partial charge in [0.2, 0.25) is 82.7 Å². The summed E-state index contributed by atoms with van der Waals surface area (Å²) in [6.45, 7) is 8.95. The lowest BCUT2D eigenvalue weighted by atomic mass is 9.97. The molecule has 1 aliphatic rings. The highest BCUT2D eigenvalue weighted by atomic mass is 33.1. The molecule has 0 aliphatic carbocycles. The standard InChI is InChI=1S/C71H99N21O19S2/c1-8-34(4)57(82-37(7)94)69(109)90-52-31-113-112-30-51(67(107)92-58(36(6)93)70(110)111)89-61(101)45(18-13-21-76-71(73)74)83-64(104)49(24-40-28-75-32-80-40)85-59(99)35(5)81-54(96)29-79-60(100)47(22-38-26-77-43-16-11-9-14-41(38)43)86-65(105)50(25-55(97)98)87-62(102)46(19-20-53(72)95)84-63(103)48(88-68(108)56(33(2)3)91-66(52)106)23-39-27-78-44-17-12-10-15-42(39)44/h9-12,14-17,26-28,32-36,45-52,56-58,77-78,93H,8,13,18-25,29-31H2,1-7H3,(H2,72,95)(H,75,80)(H,79,100)(H,81,96)(H,82,94)(H,83,104)(H,84,103)(H,85,99)(H,86,105)(H,87,102)(H,88,108)(H,89,101)(H,90,109)(H,91,106)(H,92,107)(H,97,98)(H,110,111)(H4,73,74,76)/t34-,35-,36+,45-,46-,47-,48-,49-,50-,51-,52-,56-,57+,58-/m0/s1. The second-order valence-electron chi connectivity index (χ2n) is 27.4. The lowest BCUT2D eigenvalue weighted by Gasteiger charge is -2.29. The first-order valence-electron chi connectivity index (χ1n) is 36.2. The molecule has 6 rings (SSSR count). The lowest BCUT2D eigenvalue weighted by Crippen LogP contribution is -2.61. The third kappa shape index (κ3) is 28.2. The summed E-state index contributed by atoms with van der Waals surface area (Å²) in [6.07, 6.45) is 0.607. The number of nitrogens with zero attached hydrogens (tertiary/aromatic N) is 1. The maximum atomic E-state index is 15.1. The van der Waals surface area contributed by atoms with Crippen LogP contribution in [0.25, 0.3) is 21.8 Å². The van der Waals surface area contributed by atoms with Crippen molar-refractivity contribution in [2.45, 2.75) is 185 Å². The Balaban J connectivity index is 1.47. The van der Waals surface area contributed by atoms with Crippen LogP contribution >= 0.6 is 21.6 Å².